The second-order valence-corrected chi connectivity index (χ2v) is 6.20. The van der Waals surface area contributed by atoms with E-state index in [1.807, 2.05) is 41.4 Å². The van der Waals surface area contributed by atoms with Crippen LogP contribution >= 0.6 is 0 Å². The Morgan fingerprint density at radius 1 is 1.42 bits per heavy atom. The first-order chi connectivity index (χ1) is 11.7. The molecule has 4 heterocycles. The molecule has 1 aliphatic rings. The Morgan fingerprint density at radius 3 is 3.17 bits per heavy atom. The van der Waals surface area contributed by atoms with E-state index in [1.165, 1.54) is 0 Å². The molecule has 0 amide bonds. The minimum absolute atomic E-state index is 0.0664. The van der Waals surface area contributed by atoms with E-state index in [1.54, 1.807) is 6.33 Å². The quantitative estimate of drug-likeness (QED) is 0.786. The SMILES string of the molecule is Cc1nc(NC[C@@H]2CCCO[C@H]2c2ccnn2C)cc2nncn12. The van der Waals surface area contributed by atoms with Crippen LogP contribution < -0.4 is 5.32 Å². The Labute approximate surface area is 139 Å². The van der Waals surface area contributed by atoms with E-state index in [0.717, 1.165) is 49.0 Å². The maximum absolute atomic E-state index is 6.04. The number of aromatic nitrogens is 6. The van der Waals surface area contributed by atoms with Gasteiger partial charge in [-0.25, -0.2) is 4.98 Å². The van der Waals surface area contributed by atoms with E-state index in [4.69, 9.17) is 4.74 Å². The number of aryl methyl sites for hydroxylation is 2. The molecule has 2 atom stereocenters. The molecule has 0 saturated carbocycles. The molecule has 4 rings (SSSR count). The van der Waals surface area contributed by atoms with Crippen LogP contribution in [0, 0.1) is 12.8 Å². The van der Waals surface area contributed by atoms with Crippen molar-refractivity contribution in [3.05, 3.63) is 36.2 Å². The molecular weight excluding hydrogens is 306 g/mol. The maximum Gasteiger partial charge on any atom is 0.165 e. The van der Waals surface area contributed by atoms with Crippen LogP contribution in [0.2, 0.25) is 0 Å². The van der Waals surface area contributed by atoms with Crippen LogP contribution in [-0.4, -0.2) is 42.5 Å². The van der Waals surface area contributed by atoms with Crippen molar-refractivity contribution in [2.45, 2.75) is 25.9 Å². The molecule has 0 aromatic carbocycles. The molecular formula is C16H21N7O. The molecule has 3 aromatic rings. The maximum atomic E-state index is 6.04. The van der Waals surface area contributed by atoms with Gasteiger partial charge in [-0.05, 0) is 25.8 Å². The second-order valence-electron chi connectivity index (χ2n) is 6.20. The fourth-order valence-electron chi connectivity index (χ4n) is 3.34. The van der Waals surface area contributed by atoms with Gasteiger partial charge in [0.25, 0.3) is 0 Å². The van der Waals surface area contributed by atoms with Crippen LogP contribution in [0.3, 0.4) is 0 Å². The summed E-state index contributed by atoms with van der Waals surface area (Å²) in [5.74, 6) is 2.07. The monoisotopic (exact) mass is 327 g/mol. The Balaban J connectivity index is 1.51. The van der Waals surface area contributed by atoms with Crippen molar-refractivity contribution in [3.8, 4) is 0 Å². The highest BCUT2D eigenvalue weighted by molar-refractivity contribution is 5.49. The summed E-state index contributed by atoms with van der Waals surface area (Å²) in [4.78, 5) is 4.58. The van der Waals surface area contributed by atoms with Gasteiger partial charge in [-0.1, -0.05) is 0 Å². The van der Waals surface area contributed by atoms with Gasteiger partial charge >= 0.3 is 0 Å². The Hall–Kier alpha value is -2.48. The van der Waals surface area contributed by atoms with E-state index in [0.29, 0.717) is 5.92 Å². The summed E-state index contributed by atoms with van der Waals surface area (Å²) < 4.78 is 9.80. The summed E-state index contributed by atoms with van der Waals surface area (Å²) in [5.41, 5.74) is 1.92. The Bertz CT molecular complexity index is 840. The number of rotatable bonds is 4. The highest BCUT2D eigenvalue weighted by Crippen LogP contribution is 2.33. The molecule has 24 heavy (non-hydrogen) atoms. The molecule has 1 saturated heterocycles. The molecule has 0 spiro atoms. The number of nitrogens with one attached hydrogen (secondary N) is 1. The summed E-state index contributed by atoms with van der Waals surface area (Å²) in [7, 11) is 1.96. The van der Waals surface area contributed by atoms with Gasteiger partial charge in [-0.3, -0.25) is 9.08 Å². The summed E-state index contributed by atoms with van der Waals surface area (Å²) in [6.07, 6.45) is 5.76. The largest absolute Gasteiger partial charge is 0.372 e. The van der Waals surface area contributed by atoms with Crippen molar-refractivity contribution >= 4 is 11.5 Å². The first-order valence-corrected chi connectivity index (χ1v) is 8.23. The first kappa shape index (κ1) is 15.1. The van der Waals surface area contributed by atoms with E-state index in [-0.39, 0.29) is 6.10 Å². The third-order valence-corrected chi connectivity index (χ3v) is 4.61. The molecule has 1 N–H and O–H groups in total. The van der Waals surface area contributed by atoms with Crippen LogP contribution in [0.4, 0.5) is 5.82 Å². The van der Waals surface area contributed by atoms with Gasteiger partial charge in [-0.2, -0.15) is 5.10 Å². The van der Waals surface area contributed by atoms with Crippen molar-refractivity contribution in [3.63, 3.8) is 0 Å². The van der Waals surface area contributed by atoms with Gasteiger partial charge < -0.3 is 10.1 Å². The van der Waals surface area contributed by atoms with Crippen molar-refractivity contribution in [1.82, 2.24) is 29.4 Å². The zero-order valence-corrected chi connectivity index (χ0v) is 13.9. The molecule has 0 bridgehead atoms. The van der Waals surface area contributed by atoms with Gasteiger partial charge in [0.15, 0.2) is 5.65 Å². The van der Waals surface area contributed by atoms with Crippen molar-refractivity contribution in [2.75, 3.05) is 18.5 Å². The zero-order chi connectivity index (χ0) is 16.5. The lowest BCUT2D eigenvalue weighted by Gasteiger charge is -2.32. The van der Waals surface area contributed by atoms with Crippen LogP contribution in [0.1, 0.15) is 30.5 Å². The molecule has 3 aromatic heterocycles. The molecule has 0 aliphatic carbocycles. The summed E-state index contributed by atoms with van der Waals surface area (Å²) in [6.45, 7) is 3.55. The number of ether oxygens (including phenoxy) is 1. The minimum atomic E-state index is 0.0664. The fourth-order valence-corrected chi connectivity index (χ4v) is 3.34. The number of hydrogen-bond donors (Lipinski definition) is 1. The average Bonchev–Trinajstić information content (AvgIpc) is 3.22. The van der Waals surface area contributed by atoms with Gasteiger partial charge in [0.2, 0.25) is 0 Å². The van der Waals surface area contributed by atoms with E-state index >= 15 is 0 Å². The van der Waals surface area contributed by atoms with Gasteiger partial charge in [-0.15, -0.1) is 10.2 Å². The lowest BCUT2D eigenvalue weighted by Crippen LogP contribution is -2.29. The first-order valence-electron chi connectivity index (χ1n) is 8.23. The fraction of sp³-hybridized carbons (Fsp3) is 0.500. The molecule has 0 radical (unpaired) electrons. The number of nitrogens with zero attached hydrogens (tertiary/aromatic N) is 6. The number of hydrogen-bond acceptors (Lipinski definition) is 6. The number of anilines is 1. The summed E-state index contributed by atoms with van der Waals surface area (Å²) >= 11 is 0. The third-order valence-electron chi connectivity index (χ3n) is 4.61. The normalized spacial score (nSPS) is 21.2. The summed E-state index contributed by atoms with van der Waals surface area (Å²) in [6, 6.07) is 3.95. The highest BCUT2D eigenvalue weighted by atomic mass is 16.5. The smallest absolute Gasteiger partial charge is 0.165 e. The van der Waals surface area contributed by atoms with Crippen LogP contribution in [-0.2, 0) is 11.8 Å². The van der Waals surface area contributed by atoms with Crippen molar-refractivity contribution in [2.24, 2.45) is 13.0 Å². The van der Waals surface area contributed by atoms with Crippen LogP contribution in [0.15, 0.2) is 24.7 Å². The predicted molar refractivity (Wildman–Crippen MR) is 88.6 cm³/mol. The topological polar surface area (TPSA) is 82.2 Å². The van der Waals surface area contributed by atoms with Crippen molar-refractivity contribution in [1.29, 1.82) is 0 Å². The molecule has 126 valence electrons. The van der Waals surface area contributed by atoms with Gasteiger partial charge in [0.1, 0.15) is 24.1 Å². The predicted octanol–water partition coefficient (Wildman–Crippen LogP) is 1.75. The Kier molecular flexibility index (Phi) is 3.89. The van der Waals surface area contributed by atoms with E-state index in [2.05, 4.69) is 25.6 Å². The highest BCUT2D eigenvalue weighted by Gasteiger charge is 2.29. The second kappa shape index (κ2) is 6.20. The van der Waals surface area contributed by atoms with Crippen LogP contribution in [0.5, 0.6) is 0 Å². The van der Waals surface area contributed by atoms with Crippen molar-refractivity contribution < 1.29 is 4.74 Å². The molecule has 0 unspecified atom stereocenters. The lowest BCUT2D eigenvalue weighted by atomic mass is 9.92. The zero-order valence-electron chi connectivity index (χ0n) is 13.9. The van der Waals surface area contributed by atoms with Gasteiger partial charge in [0, 0.05) is 38.4 Å². The van der Waals surface area contributed by atoms with Crippen LogP contribution in [0.25, 0.3) is 5.65 Å². The van der Waals surface area contributed by atoms with E-state index in [9.17, 15) is 0 Å². The molecule has 1 aliphatic heterocycles. The molecule has 8 nitrogen and oxygen atoms in total. The van der Waals surface area contributed by atoms with E-state index < -0.39 is 0 Å². The molecule has 8 heteroatoms. The lowest BCUT2D eigenvalue weighted by molar-refractivity contribution is -0.0284. The number of fused-ring (bicyclic) bond motifs is 1. The molecule has 1 fully saturated rings. The summed E-state index contributed by atoms with van der Waals surface area (Å²) in [5, 5.41) is 15.7. The average molecular weight is 327 g/mol. The third kappa shape index (κ3) is 2.73. The Morgan fingerprint density at radius 2 is 2.33 bits per heavy atom. The standard InChI is InChI=1S/C16H21N7O/c1-11-20-14(8-15-21-18-10-23(11)15)17-9-12-4-3-7-24-16(12)13-5-6-19-22(13)2/h5-6,8,10,12,16-17H,3-4,7,9H2,1-2H3/t12-,16+/m0/s1. The van der Waals surface area contributed by atoms with Gasteiger partial charge in [0.05, 0.1) is 5.69 Å². The minimum Gasteiger partial charge on any atom is -0.372 e.